The fourth-order valence-electron chi connectivity index (χ4n) is 5.24. The van der Waals surface area contributed by atoms with Crippen molar-refractivity contribution in [2.45, 2.75) is 0 Å². The largest absolute Gasteiger partial charge is 0.542 e. The predicted molar refractivity (Wildman–Crippen MR) is 128 cm³/mol. The Morgan fingerprint density at radius 3 is 1.03 bits per heavy atom. The zero-order valence-corrected chi connectivity index (χ0v) is 16.6. The molecule has 7 rings (SSSR count). The summed E-state index contributed by atoms with van der Waals surface area (Å²) in [6.07, 6.45) is 0. The van der Waals surface area contributed by atoms with Crippen LogP contribution in [0.3, 0.4) is 0 Å². The van der Waals surface area contributed by atoms with E-state index >= 15 is 0 Å². The Balaban J connectivity index is 1.65. The van der Waals surface area contributed by atoms with Gasteiger partial charge in [0.2, 0.25) is 0 Å². The van der Waals surface area contributed by atoms with Gasteiger partial charge >= 0.3 is 14.4 Å². The van der Waals surface area contributed by atoms with Crippen molar-refractivity contribution < 1.29 is 9.31 Å². The van der Waals surface area contributed by atoms with E-state index in [1.807, 2.05) is 0 Å². The molecule has 0 unspecified atom stereocenters. The van der Waals surface area contributed by atoms with Crippen molar-refractivity contribution in [3.8, 4) is 0 Å². The van der Waals surface area contributed by atoms with Crippen LogP contribution in [0.1, 0.15) is 0 Å². The fourth-order valence-corrected chi connectivity index (χ4v) is 5.24. The molecule has 144 valence electrons. The minimum Gasteiger partial charge on any atom is -0.401 e. The van der Waals surface area contributed by atoms with Gasteiger partial charge in [-0.05, 0) is 45.8 Å². The molecule has 4 N–H and O–H groups in total. The average molecular weight is 392 g/mol. The van der Waals surface area contributed by atoms with Crippen molar-refractivity contribution in [1.29, 1.82) is 0 Å². The first kappa shape index (κ1) is 16.4. The summed E-state index contributed by atoms with van der Waals surface area (Å²) in [6.45, 7) is 0. The minimum atomic E-state index is -0.232. The van der Waals surface area contributed by atoms with Crippen LogP contribution < -0.4 is 20.9 Å². The van der Waals surface area contributed by atoms with Crippen LogP contribution in [0.25, 0.3) is 43.1 Å². The summed E-state index contributed by atoms with van der Waals surface area (Å²) < 4.78 is 11.0. The standard InChI is InChI=1S/C22H18B2N4O2/c1-29-23-25-15-7-3-11-13-5-9-17-22-18(28-24(27-17)30-2)10-6-14(20(13)22)12-4-8-16(26-23)21(15)19(11)12/h3-10,25-28H,1-2H3. The summed E-state index contributed by atoms with van der Waals surface area (Å²) in [4.78, 5) is 0. The lowest BCUT2D eigenvalue weighted by atomic mass is 9.83. The lowest BCUT2D eigenvalue weighted by molar-refractivity contribution is 0.429. The molecule has 0 radical (unpaired) electrons. The Kier molecular flexibility index (Phi) is 3.08. The van der Waals surface area contributed by atoms with Crippen LogP contribution in [0, 0.1) is 0 Å². The minimum absolute atomic E-state index is 0.232. The van der Waals surface area contributed by atoms with Gasteiger partial charge in [-0.1, -0.05) is 24.3 Å². The Morgan fingerprint density at radius 2 is 0.767 bits per heavy atom. The van der Waals surface area contributed by atoms with E-state index in [-0.39, 0.29) is 14.4 Å². The normalized spacial score (nSPS) is 14.9. The van der Waals surface area contributed by atoms with Crippen LogP contribution in [0.2, 0.25) is 0 Å². The Labute approximate surface area is 173 Å². The van der Waals surface area contributed by atoms with Crippen molar-refractivity contribution in [2.75, 3.05) is 35.1 Å². The van der Waals surface area contributed by atoms with Gasteiger partial charge in [-0.3, -0.25) is 0 Å². The molecular formula is C22H18B2N4O2. The van der Waals surface area contributed by atoms with Gasteiger partial charge in [0.15, 0.2) is 0 Å². The quantitative estimate of drug-likeness (QED) is 0.199. The molecule has 0 atom stereocenters. The highest BCUT2D eigenvalue weighted by Gasteiger charge is 2.29. The Hall–Kier alpha value is -3.35. The third-order valence-corrected chi connectivity index (χ3v) is 6.52. The van der Waals surface area contributed by atoms with Gasteiger partial charge in [0.1, 0.15) is 0 Å². The lowest BCUT2D eigenvalue weighted by Gasteiger charge is -2.28. The van der Waals surface area contributed by atoms with Gasteiger partial charge in [-0.2, -0.15) is 0 Å². The summed E-state index contributed by atoms with van der Waals surface area (Å²) >= 11 is 0. The number of nitrogens with one attached hydrogen (secondary N) is 4. The van der Waals surface area contributed by atoms with Gasteiger partial charge in [0, 0.05) is 58.5 Å². The zero-order chi connectivity index (χ0) is 20.0. The van der Waals surface area contributed by atoms with Gasteiger partial charge in [0.25, 0.3) is 0 Å². The summed E-state index contributed by atoms with van der Waals surface area (Å²) in [6, 6.07) is 17.6. The fraction of sp³-hybridized carbons (Fsp3) is 0.0909. The molecule has 30 heavy (non-hydrogen) atoms. The van der Waals surface area contributed by atoms with Crippen LogP contribution in [0.15, 0.2) is 48.5 Å². The van der Waals surface area contributed by atoms with Crippen LogP contribution in [-0.4, -0.2) is 28.6 Å². The van der Waals surface area contributed by atoms with Gasteiger partial charge in [-0.25, -0.2) is 0 Å². The maximum absolute atomic E-state index is 5.50. The first-order valence-electron chi connectivity index (χ1n) is 10.1. The van der Waals surface area contributed by atoms with Crippen LogP contribution >= 0.6 is 0 Å². The molecule has 8 heteroatoms. The molecule has 0 amide bonds. The van der Waals surface area contributed by atoms with E-state index in [0.29, 0.717) is 0 Å². The first-order valence-corrected chi connectivity index (χ1v) is 10.1. The SMILES string of the molecule is COB1Nc2ccc3c4ccc5c6c(ccc(c7ccc(c2c37)N1)c64)NB(OC)N5. The monoisotopic (exact) mass is 392 g/mol. The highest BCUT2D eigenvalue weighted by Crippen LogP contribution is 2.48. The number of benzene rings is 5. The summed E-state index contributed by atoms with van der Waals surface area (Å²) in [5.41, 5.74) is 4.38. The molecular weight excluding hydrogens is 374 g/mol. The van der Waals surface area contributed by atoms with Gasteiger partial charge in [-0.15, -0.1) is 0 Å². The maximum atomic E-state index is 5.50. The van der Waals surface area contributed by atoms with Crippen LogP contribution in [0.5, 0.6) is 0 Å². The summed E-state index contributed by atoms with van der Waals surface area (Å²) in [5.74, 6) is 0. The molecule has 2 aliphatic rings. The Bertz CT molecular complexity index is 1290. The van der Waals surface area contributed by atoms with E-state index in [1.165, 1.54) is 43.1 Å². The van der Waals surface area contributed by atoms with Gasteiger partial charge in [0.05, 0.1) is 0 Å². The summed E-state index contributed by atoms with van der Waals surface area (Å²) in [7, 11) is 2.94. The lowest BCUT2D eigenvalue weighted by Crippen LogP contribution is -2.39. The van der Waals surface area contributed by atoms with Gasteiger partial charge < -0.3 is 30.2 Å². The highest BCUT2D eigenvalue weighted by atomic mass is 16.4. The molecule has 6 nitrogen and oxygen atoms in total. The maximum Gasteiger partial charge on any atom is 0.542 e. The van der Waals surface area contributed by atoms with E-state index in [0.717, 1.165) is 22.7 Å². The van der Waals surface area contributed by atoms with E-state index < -0.39 is 0 Å². The second-order valence-electron chi connectivity index (χ2n) is 7.95. The third-order valence-electron chi connectivity index (χ3n) is 6.52. The topological polar surface area (TPSA) is 66.6 Å². The molecule has 5 aromatic carbocycles. The summed E-state index contributed by atoms with van der Waals surface area (Å²) in [5, 5.41) is 23.8. The van der Waals surface area contributed by atoms with E-state index in [2.05, 4.69) is 69.4 Å². The highest BCUT2D eigenvalue weighted by molar-refractivity contribution is 6.63. The number of anilines is 4. The molecule has 0 spiro atoms. The molecule has 2 aliphatic heterocycles. The smallest absolute Gasteiger partial charge is 0.401 e. The van der Waals surface area contributed by atoms with Crippen molar-refractivity contribution in [2.24, 2.45) is 0 Å². The van der Waals surface area contributed by atoms with Crippen molar-refractivity contribution in [1.82, 2.24) is 0 Å². The van der Waals surface area contributed by atoms with E-state index in [4.69, 9.17) is 9.31 Å². The average Bonchev–Trinajstić information content (AvgIpc) is 2.80. The van der Waals surface area contributed by atoms with Crippen molar-refractivity contribution in [3.05, 3.63) is 48.5 Å². The molecule has 5 aromatic rings. The number of fused-ring (bicyclic) bond motifs is 2. The van der Waals surface area contributed by atoms with Crippen LogP contribution in [-0.2, 0) is 9.31 Å². The molecule has 0 fully saturated rings. The van der Waals surface area contributed by atoms with Crippen LogP contribution in [0.4, 0.5) is 22.7 Å². The zero-order valence-electron chi connectivity index (χ0n) is 16.6. The molecule has 0 saturated heterocycles. The van der Waals surface area contributed by atoms with E-state index in [9.17, 15) is 0 Å². The van der Waals surface area contributed by atoms with Crippen molar-refractivity contribution in [3.63, 3.8) is 0 Å². The second kappa shape index (κ2) is 5.62. The second-order valence-corrected chi connectivity index (χ2v) is 7.95. The molecule has 0 aliphatic carbocycles. The third kappa shape index (κ3) is 1.92. The first-order chi connectivity index (χ1) is 14.8. The molecule has 0 saturated carbocycles. The van der Waals surface area contributed by atoms with Crippen molar-refractivity contribution >= 4 is 80.2 Å². The predicted octanol–water partition coefficient (Wildman–Crippen LogP) is 4.67. The molecule has 2 heterocycles. The number of hydrogen-bond acceptors (Lipinski definition) is 6. The molecule has 0 bridgehead atoms. The number of hydrogen-bond donors (Lipinski definition) is 4. The number of rotatable bonds is 2. The van der Waals surface area contributed by atoms with E-state index in [1.54, 1.807) is 14.2 Å². The molecule has 0 aromatic heterocycles. The Morgan fingerprint density at radius 1 is 0.467 bits per heavy atom.